The van der Waals surface area contributed by atoms with Crippen molar-refractivity contribution in [3.8, 4) is 0 Å². The first-order valence-electron chi connectivity index (χ1n) is 8.25. The smallest absolute Gasteiger partial charge is 0.276 e. The van der Waals surface area contributed by atoms with Crippen LogP contribution < -0.4 is 16.8 Å². The minimum Gasteiger partial charge on any atom is -0.397 e. The topological polar surface area (TPSA) is 127 Å². The number of nitrogens with two attached hydrogens (primary N) is 2. The zero-order chi connectivity index (χ0) is 20.6. The third-order valence-electron chi connectivity index (χ3n) is 4.48. The normalized spacial score (nSPS) is 19.4. The quantitative estimate of drug-likeness (QED) is 0.722. The predicted molar refractivity (Wildman–Crippen MR) is 104 cm³/mol. The van der Waals surface area contributed by atoms with Gasteiger partial charge in [-0.2, -0.15) is 0 Å². The van der Waals surface area contributed by atoms with E-state index in [9.17, 15) is 14.0 Å². The van der Waals surface area contributed by atoms with Gasteiger partial charge in [-0.05, 0) is 31.2 Å². The standard InChI is InChI=1S/C18H18ClFN6O2/c1-18(7-14(27)26(2)17(22)25-18)11-6-10(3-4-12(11)20)24-16(28)15-13(21)5-9(19)8-23-15/h3-6,8H,7,21H2,1-2H3,(H2,22,25)(H,24,28). The van der Waals surface area contributed by atoms with Crippen LogP contribution in [0.2, 0.25) is 5.02 Å². The van der Waals surface area contributed by atoms with Crippen molar-refractivity contribution in [2.45, 2.75) is 18.9 Å². The Morgan fingerprint density at radius 2 is 2.07 bits per heavy atom. The molecule has 0 bridgehead atoms. The highest BCUT2D eigenvalue weighted by Gasteiger charge is 2.38. The van der Waals surface area contributed by atoms with Crippen molar-refractivity contribution in [2.24, 2.45) is 10.7 Å². The highest BCUT2D eigenvalue weighted by Crippen LogP contribution is 2.36. The Labute approximate surface area is 165 Å². The number of aromatic nitrogens is 1. The number of halogens is 2. The van der Waals surface area contributed by atoms with E-state index in [1.807, 2.05) is 0 Å². The van der Waals surface area contributed by atoms with Gasteiger partial charge in [-0.25, -0.2) is 14.4 Å². The lowest BCUT2D eigenvalue weighted by Crippen LogP contribution is -2.47. The number of carbonyl (C=O) groups excluding carboxylic acids is 2. The molecule has 146 valence electrons. The number of hydrogen-bond donors (Lipinski definition) is 3. The number of nitrogens with zero attached hydrogens (tertiary/aromatic N) is 3. The van der Waals surface area contributed by atoms with Crippen LogP contribution in [0.5, 0.6) is 0 Å². The zero-order valence-electron chi connectivity index (χ0n) is 15.2. The third-order valence-corrected chi connectivity index (χ3v) is 4.68. The van der Waals surface area contributed by atoms with Gasteiger partial charge in [0.05, 0.1) is 22.7 Å². The second kappa shape index (κ2) is 7.08. The van der Waals surface area contributed by atoms with Crippen LogP contribution in [0.15, 0.2) is 35.5 Å². The molecule has 2 heterocycles. The van der Waals surface area contributed by atoms with E-state index in [1.165, 1.54) is 42.4 Å². The molecule has 2 aromatic rings. The molecular weight excluding hydrogens is 387 g/mol. The molecule has 0 spiro atoms. The molecule has 28 heavy (non-hydrogen) atoms. The highest BCUT2D eigenvalue weighted by atomic mass is 35.5. The SMILES string of the molecule is CN1C(=O)CC(C)(c2cc(NC(=O)c3ncc(Cl)cc3N)ccc2F)N=C1N. The van der Waals surface area contributed by atoms with E-state index in [4.69, 9.17) is 23.1 Å². The van der Waals surface area contributed by atoms with Crippen LogP contribution in [0.4, 0.5) is 15.8 Å². The number of anilines is 2. The van der Waals surface area contributed by atoms with Gasteiger partial charge < -0.3 is 16.8 Å². The van der Waals surface area contributed by atoms with Gasteiger partial charge in [0, 0.05) is 24.5 Å². The maximum Gasteiger partial charge on any atom is 0.276 e. The lowest BCUT2D eigenvalue weighted by atomic mass is 9.87. The summed E-state index contributed by atoms with van der Waals surface area (Å²) in [5.41, 5.74) is 10.9. The summed E-state index contributed by atoms with van der Waals surface area (Å²) in [7, 11) is 1.50. The first kappa shape index (κ1) is 19.6. The molecular formula is C18H18ClFN6O2. The van der Waals surface area contributed by atoms with Gasteiger partial charge >= 0.3 is 0 Å². The number of benzene rings is 1. The van der Waals surface area contributed by atoms with Gasteiger partial charge in [0.15, 0.2) is 11.7 Å². The van der Waals surface area contributed by atoms with E-state index in [-0.39, 0.29) is 35.2 Å². The lowest BCUT2D eigenvalue weighted by molar-refractivity contribution is -0.128. The van der Waals surface area contributed by atoms with E-state index in [2.05, 4.69) is 15.3 Å². The van der Waals surface area contributed by atoms with Crippen molar-refractivity contribution < 1.29 is 14.0 Å². The lowest BCUT2D eigenvalue weighted by Gasteiger charge is -2.34. The van der Waals surface area contributed by atoms with Gasteiger partial charge in [-0.3, -0.25) is 14.5 Å². The zero-order valence-corrected chi connectivity index (χ0v) is 15.9. The summed E-state index contributed by atoms with van der Waals surface area (Å²) in [6.07, 6.45) is 1.23. The van der Waals surface area contributed by atoms with Gasteiger partial charge in [-0.1, -0.05) is 11.6 Å². The van der Waals surface area contributed by atoms with Crippen LogP contribution in [0.3, 0.4) is 0 Å². The molecule has 5 N–H and O–H groups in total. The van der Waals surface area contributed by atoms with E-state index >= 15 is 0 Å². The fourth-order valence-corrected chi connectivity index (χ4v) is 3.08. The maximum atomic E-state index is 14.5. The summed E-state index contributed by atoms with van der Waals surface area (Å²) in [5.74, 6) is -1.45. The molecule has 8 nitrogen and oxygen atoms in total. The minimum absolute atomic E-state index is 0.00859. The number of nitrogens with one attached hydrogen (secondary N) is 1. The molecule has 2 amide bonds. The molecule has 10 heteroatoms. The van der Waals surface area contributed by atoms with Gasteiger partial charge in [0.25, 0.3) is 5.91 Å². The Morgan fingerprint density at radius 1 is 1.36 bits per heavy atom. The Morgan fingerprint density at radius 3 is 2.71 bits per heavy atom. The monoisotopic (exact) mass is 404 g/mol. The molecule has 0 saturated heterocycles. The molecule has 1 aliphatic heterocycles. The van der Waals surface area contributed by atoms with Crippen LogP contribution in [0, 0.1) is 5.82 Å². The number of nitrogen functional groups attached to an aromatic ring is 1. The molecule has 0 fully saturated rings. The second-order valence-corrected chi connectivity index (χ2v) is 7.05. The molecule has 0 saturated carbocycles. The van der Waals surface area contributed by atoms with Gasteiger partial charge in [0.1, 0.15) is 5.82 Å². The van der Waals surface area contributed by atoms with Crippen LogP contribution >= 0.6 is 11.6 Å². The summed E-state index contributed by atoms with van der Waals surface area (Å²) < 4.78 is 14.5. The Kier molecular flexibility index (Phi) is 4.95. The number of hydrogen-bond acceptors (Lipinski definition) is 6. The number of aliphatic imine (C=N–C) groups is 1. The largest absolute Gasteiger partial charge is 0.397 e. The Balaban J connectivity index is 1.94. The highest BCUT2D eigenvalue weighted by molar-refractivity contribution is 6.30. The van der Waals surface area contributed by atoms with Crippen LogP contribution in [0.1, 0.15) is 29.4 Å². The summed E-state index contributed by atoms with van der Waals surface area (Å²) in [6, 6.07) is 5.39. The van der Waals surface area contributed by atoms with E-state index in [1.54, 1.807) is 6.92 Å². The summed E-state index contributed by atoms with van der Waals surface area (Å²) in [6.45, 7) is 1.60. The molecule has 1 atom stereocenters. The van der Waals surface area contributed by atoms with Crippen molar-refractivity contribution in [3.05, 3.63) is 52.6 Å². The summed E-state index contributed by atoms with van der Waals surface area (Å²) >= 11 is 5.79. The molecule has 0 aliphatic carbocycles. The average Bonchev–Trinajstić information content (AvgIpc) is 2.61. The fourth-order valence-electron chi connectivity index (χ4n) is 2.91. The summed E-state index contributed by atoms with van der Waals surface area (Å²) in [4.78, 5) is 34.0. The predicted octanol–water partition coefficient (Wildman–Crippen LogP) is 2.10. The molecule has 1 aromatic heterocycles. The van der Waals surface area contributed by atoms with Crippen molar-refractivity contribution in [1.82, 2.24) is 9.88 Å². The fraction of sp³-hybridized carbons (Fsp3) is 0.222. The molecule has 1 unspecified atom stereocenters. The Hall–Kier alpha value is -3.20. The summed E-state index contributed by atoms with van der Waals surface area (Å²) in [5, 5.41) is 2.91. The van der Waals surface area contributed by atoms with E-state index in [0.717, 1.165) is 0 Å². The van der Waals surface area contributed by atoms with Crippen molar-refractivity contribution in [1.29, 1.82) is 0 Å². The van der Waals surface area contributed by atoms with Crippen molar-refractivity contribution >= 4 is 40.7 Å². The first-order chi connectivity index (χ1) is 13.1. The number of guanidine groups is 1. The van der Waals surface area contributed by atoms with Crippen molar-refractivity contribution in [3.63, 3.8) is 0 Å². The molecule has 0 radical (unpaired) electrons. The van der Waals surface area contributed by atoms with Crippen molar-refractivity contribution in [2.75, 3.05) is 18.1 Å². The Bertz CT molecular complexity index is 1010. The van der Waals surface area contributed by atoms with Crippen LogP contribution in [-0.4, -0.2) is 34.7 Å². The van der Waals surface area contributed by atoms with Crippen LogP contribution in [0.25, 0.3) is 0 Å². The number of rotatable bonds is 3. The molecule has 1 aromatic carbocycles. The van der Waals surface area contributed by atoms with E-state index in [0.29, 0.717) is 10.7 Å². The number of amides is 2. The number of pyridine rings is 1. The van der Waals surface area contributed by atoms with E-state index < -0.39 is 17.3 Å². The molecule has 3 rings (SSSR count). The van der Waals surface area contributed by atoms with Gasteiger partial charge in [0.2, 0.25) is 5.91 Å². The average molecular weight is 405 g/mol. The third kappa shape index (κ3) is 3.61. The molecule has 1 aliphatic rings. The minimum atomic E-state index is -1.20. The second-order valence-electron chi connectivity index (χ2n) is 6.61. The maximum absolute atomic E-state index is 14.5. The first-order valence-corrected chi connectivity index (χ1v) is 8.63. The van der Waals surface area contributed by atoms with Gasteiger partial charge in [-0.15, -0.1) is 0 Å². The van der Waals surface area contributed by atoms with Crippen LogP contribution in [-0.2, 0) is 10.3 Å². The number of carbonyl (C=O) groups is 2.